The van der Waals surface area contributed by atoms with Gasteiger partial charge in [0.15, 0.2) is 5.76 Å². The maximum absolute atomic E-state index is 11.8. The minimum absolute atomic E-state index is 0.241. The SMILES string of the molecule is CCNc1ccc(C(=O)NCc2ccno2)nc1. The number of pyridine rings is 1. The van der Waals surface area contributed by atoms with Gasteiger partial charge >= 0.3 is 0 Å². The predicted octanol–water partition coefficient (Wildman–Crippen LogP) is 1.43. The molecule has 2 rings (SSSR count). The molecular weight excluding hydrogens is 232 g/mol. The second kappa shape index (κ2) is 5.81. The molecule has 2 aromatic heterocycles. The fourth-order valence-electron chi connectivity index (χ4n) is 1.43. The van der Waals surface area contributed by atoms with E-state index in [4.69, 9.17) is 4.52 Å². The van der Waals surface area contributed by atoms with E-state index in [0.29, 0.717) is 18.0 Å². The van der Waals surface area contributed by atoms with Crippen LogP contribution in [0.4, 0.5) is 5.69 Å². The predicted molar refractivity (Wildman–Crippen MR) is 66.1 cm³/mol. The summed E-state index contributed by atoms with van der Waals surface area (Å²) in [6.07, 6.45) is 3.16. The highest BCUT2D eigenvalue weighted by Crippen LogP contribution is 2.05. The Morgan fingerprint density at radius 2 is 2.28 bits per heavy atom. The topological polar surface area (TPSA) is 80.0 Å². The van der Waals surface area contributed by atoms with Gasteiger partial charge in [-0.05, 0) is 19.1 Å². The Bertz CT molecular complexity index is 493. The monoisotopic (exact) mass is 246 g/mol. The number of hydrogen-bond acceptors (Lipinski definition) is 5. The molecular formula is C12H14N4O2. The second-order valence-electron chi connectivity index (χ2n) is 3.62. The lowest BCUT2D eigenvalue weighted by Crippen LogP contribution is -2.23. The second-order valence-corrected chi connectivity index (χ2v) is 3.62. The molecule has 0 fully saturated rings. The number of carbonyl (C=O) groups excluding carboxylic acids is 1. The Labute approximate surface area is 104 Å². The molecule has 6 heteroatoms. The molecule has 0 aliphatic carbocycles. The Balaban J connectivity index is 1.92. The van der Waals surface area contributed by atoms with Gasteiger partial charge in [-0.2, -0.15) is 0 Å². The van der Waals surface area contributed by atoms with E-state index in [1.165, 1.54) is 6.20 Å². The first-order chi connectivity index (χ1) is 8.79. The molecule has 2 N–H and O–H groups in total. The Hall–Kier alpha value is -2.37. The van der Waals surface area contributed by atoms with Gasteiger partial charge in [0.2, 0.25) is 0 Å². The molecule has 1 amide bonds. The number of carbonyl (C=O) groups is 1. The minimum atomic E-state index is -0.241. The lowest BCUT2D eigenvalue weighted by atomic mass is 10.3. The van der Waals surface area contributed by atoms with Crippen molar-refractivity contribution >= 4 is 11.6 Å². The molecule has 0 saturated carbocycles. The van der Waals surface area contributed by atoms with Crippen LogP contribution >= 0.6 is 0 Å². The summed E-state index contributed by atoms with van der Waals surface area (Å²) in [4.78, 5) is 15.8. The van der Waals surface area contributed by atoms with Crippen molar-refractivity contribution in [2.45, 2.75) is 13.5 Å². The van der Waals surface area contributed by atoms with Crippen molar-refractivity contribution in [3.05, 3.63) is 42.0 Å². The quantitative estimate of drug-likeness (QED) is 0.834. The van der Waals surface area contributed by atoms with Crippen LogP contribution in [0.5, 0.6) is 0 Å². The van der Waals surface area contributed by atoms with Crippen molar-refractivity contribution in [2.75, 3.05) is 11.9 Å². The summed E-state index contributed by atoms with van der Waals surface area (Å²) in [7, 11) is 0. The summed E-state index contributed by atoms with van der Waals surface area (Å²) in [5.41, 5.74) is 1.26. The molecule has 0 saturated heterocycles. The first-order valence-corrected chi connectivity index (χ1v) is 5.67. The number of rotatable bonds is 5. The molecule has 0 unspecified atom stereocenters. The van der Waals surface area contributed by atoms with Crippen LogP contribution in [0.15, 0.2) is 35.1 Å². The van der Waals surface area contributed by atoms with Crippen LogP contribution in [-0.4, -0.2) is 22.6 Å². The number of aromatic nitrogens is 2. The fourth-order valence-corrected chi connectivity index (χ4v) is 1.43. The third kappa shape index (κ3) is 3.07. The van der Waals surface area contributed by atoms with Crippen LogP contribution in [0.25, 0.3) is 0 Å². The number of nitrogens with one attached hydrogen (secondary N) is 2. The zero-order chi connectivity index (χ0) is 12.8. The standard InChI is InChI=1S/C12H14N4O2/c1-2-13-9-3-4-11(14-7-9)12(17)15-8-10-5-6-16-18-10/h3-7,13H,2,8H2,1H3,(H,15,17). The highest BCUT2D eigenvalue weighted by molar-refractivity contribution is 5.92. The van der Waals surface area contributed by atoms with Crippen molar-refractivity contribution in [3.63, 3.8) is 0 Å². The molecule has 0 aliphatic heterocycles. The van der Waals surface area contributed by atoms with Crippen molar-refractivity contribution in [2.24, 2.45) is 0 Å². The van der Waals surface area contributed by atoms with E-state index >= 15 is 0 Å². The van der Waals surface area contributed by atoms with E-state index in [0.717, 1.165) is 12.2 Å². The molecule has 18 heavy (non-hydrogen) atoms. The van der Waals surface area contributed by atoms with Crippen molar-refractivity contribution in [1.29, 1.82) is 0 Å². The fraction of sp³-hybridized carbons (Fsp3) is 0.250. The van der Waals surface area contributed by atoms with Gasteiger partial charge in [-0.25, -0.2) is 4.98 Å². The number of amides is 1. The van der Waals surface area contributed by atoms with Gasteiger partial charge in [0, 0.05) is 12.6 Å². The zero-order valence-corrected chi connectivity index (χ0v) is 10.0. The highest BCUT2D eigenvalue weighted by atomic mass is 16.5. The summed E-state index contributed by atoms with van der Waals surface area (Å²) >= 11 is 0. The van der Waals surface area contributed by atoms with Gasteiger partial charge in [-0.15, -0.1) is 0 Å². The number of anilines is 1. The minimum Gasteiger partial charge on any atom is -0.384 e. The van der Waals surface area contributed by atoms with Crippen molar-refractivity contribution in [1.82, 2.24) is 15.5 Å². The van der Waals surface area contributed by atoms with Crippen molar-refractivity contribution in [3.8, 4) is 0 Å². The molecule has 2 aromatic rings. The van der Waals surface area contributed by atoms with E-state index in [2.05, 4.69) is 20.8 Å². The molecule has 0 atom stereocenters. The van der Waals surface area contributed by atoms with Crippen molar-refractivity contribution < 1.29 is 9.32 Å². The van der Waals surface area contributed by atoms with E-state index < -0.39 is 0 Å². The molecule has 0 aromatic carbocycles. The maximum atomic E-state index is 11.8. The van der Waals surface area contributed by atoms with Crippen LogP contribution in [0.1, 0.15) is 23.2 Å². The lowest BCUT2D eigenvalue weighted by molar-refractivity contribution is 0.0942. The van der Waals surface area contributed by atoms with E-state index in [1.54, 1.807) is 18.3 Å². The van der Waals surface area contributed by atoms with Gasteiger partial charge < -0.3 is 15.2 Å². The summed E-state index contributed by atoms with van der Waals surface area (Å²) in [6.45, 7) is 3.12. The Morgan fingerprint density at radius 1 is 1.39 bits per heavy atom. The van der Waals surface area contributed by atoms with E-state index in [-0.39, 0.29) is 5.91 Å². The molecule has 0 aliphatic rings. The lowest BCUT2D eigenvalue weighted by Gasteiger charge is -2.04. The normalized spacial score (nSPS) is 10.1. The third-order valence-corrected chi connectivity index (χ3v) is 2.29. The first kappa shape index (κ1) is 12.1. The summed E-state index contributed by atoms with van der Waals surface area (Å²) < 4.78 is 4.88. The van der Waals surface area contributed by atoms with Gasteiger partial charge in [-0.1, -0.05) is 5.16 Å². The van der Waals surface area contributed by atoms with Crippen LogP contribution in [-0.2, 0) is 6.54 Å². The van der Waals surface area contributed by atoms with E-state index in [1.807, 2.05) is 13.0 Å². The first-order valence-electron chi connectivity index (χ1n) is 5.67. The summed E-state index contributed by atoms with van der Waals surface area (Å²) in [6, 6.07) is 5.19. The largest absolute Gasteiger partial charge is 0.384 e. The van der Waals surface area contributed by atoms with Gasteiger partial charge in [0.05, 0.1) is 24.6 Å². The molecule has 0 bridgehead atoms. The zero-order valence-electron chi connectivity index (χ0n) is 10.0. The smallest absolute Gasteiger partial charge is 0.270 e. The Morgan fingerprint density at radius 3 is 2.89 bits per heavy atom. The van der Waals surface area contributed by atoms with Gasteiger partial charge in [-0.3, -0.25) is 4.79 Å². The molecule has 2 heterocycles. The summed E-state index contributed by atoms with van der Waals surface area (Å²) in [5.74, 6) is 0.363. The van der Waals surface area contributed by atoms with E-state index in [9.17, 15) is 4.79 Å². The van der Waals surface area contributed by atoms with Gasteiger partial charge in [0.1, 0.15) is 5.69 Å². The number of hydrogen-bond donors (Lipinski definition) is 2. The highest BCUT2D eigenvalue weighted by Gasteiger charge is 2.07. The summed E-state index contributed by atoms with van der Waals surface area (Å²) in [5, 5.41) is 9.36. The van der Waals surface area contributed by atoms with Crippen LogP contribution in [0.2, 0.25) is 0 Å². The maximum Gasteiger partial charge on any atom is 0.270 e. The van der Waals surface area contributed by atoms with Crippen LogP contribution in [0, 0.1) is 0 Å². The third-order valence-electron chi connectivity index (χ3n) is 2.29. The molecule has 6 nitrogen and oxygen atoms in total. The average molecular weight is 246 g/mol. The molecule has 0 radical (unpaired) electrons. The molecule has 94 valence electrons. The van der Waals surface area contributed by atoms with Crippen LogP contribution < -0.4 is 10.6 Å². The van der Waals surface area contributed by atoms with Crippen LogP contribution in [0.3, 0.4) is 0 Å². The number of nitrogens with zero attached hydrogens (tertiary/aromatic N) is 2. The average Bonchev–Trinajstić information content (AvgIpc) is 2.90. The Kier molecular flexibility index (Phi) is 3.90. The molecule has 0 spiro atoms. The van der Waals surface area contributed by atoms with Gasteiger partial charge in [0.25, 0.3) is 5.91 Å².